The minimum Gasteiger partial charge on any atom is -0.506 e. The molecule has 2 aromatic carbocycles. The summed E-state index contributed by atoms with van der Waals surface area (Å²) < 4.78 is 0.458. The maximum Gasteiger partial charge on any atom is 0.259 e. The molecule has 0 bridgehead atoms. The summed E-state index contributed by atoms with van der Waals surface area (Å²) in [4.78, 5) is 12.0. The topological polar surface area (TPSA) is 73.1 Å². The van der Waals surface area contributed by atoms with Gasteiger partial charge >= 0.3 is 0 Å². The predicted molar refractivity (Wildman–Crippen MR) is 74.9 cm³/mol. The smallest absolute Gasteiger partial charge is 0.259 e. The number of amides is 1. The standard InChI is InChI=1S/C14H9BrN2O2/c15-12-3-1-2-11(13(12)18)14(19)17-10-6-4-9(8-16)5-7-10/h1-7,18H,(H,17,19). The first kappa shape index (κ1) is 13.1. The second kappa shape index (κ2) is 5.55. The average Bonchev–Trinajstić information content (AvgIpc) is 2.42. The number of carbonyl (C=O) groups excluding carboxylic acids is 1. The maximum absolute atomic E-state index is 12.0. The number of phenolic OH excluding ortho intramolecular Hbond substituents is 1. The van der Waals surface area contributed by atoms with Gasteiger partial charge in [-0.15, -0.1) is 0 Å². The third-order valence-corrected chi connectivity index (χ3v) is 3.14. The van der Waals surface area contributed by atoms with Crippen molar-refractivity contribution in [1.82, 2.24) is 0 Å². The minimum absolute atomic E-state index is 0.103. The Morgan fingerprint density at radius 3 is 2.53 bits per heavy atom. The lowest BCUT2D eigenvalue weighted by molar-refractivity contribution is 0.102. The predicted octanol–water partition coefficient (Wildman–Crippen LogP) is 3.28. The van der Waals surface area contributed by atoms with E-state index in [-0.39, 0.29) is 11.3 Å². The molecule has 0 aliphatic heterocycles. The van der Waals surface area contributed by atoms with Crippen molar-refractivity contribution < 1.29 is 9.90 Å². The number of anilines is 1. The fraction of sp³-hybridized carbons (Fsp3) is 0. The lowest BCUT2D eigenvalue weighted by Crippen LogP contribution is -2.12. The summed E-state index contributed by atoms with van der Waals surface area (Å²) >= 11 is 3.15. The molecule has 1 amide bonds. The van der Waals surface area contributed by atoms with Crippen LogP contribution in [0.15, 0.2) is 46.9 Å². The summed E-state index contributed by atoms with van der Waals surface area (Å²) in [5.41, 5.74) is 1.26. The summed E-state index contributed by atoms with van der Waals surface area (Å²) in [6.07, 6.45) is 0. The SMILES string of the molecule is N#Cc1ccc(NC(=O)c2cccc(Br)c2O)cc1. The number of rotatable bonds is 2. The quantitative estimate of drug-likeness (QED) is 0.893. The highest BCUT2D eigenvalue weighted by Crippen LogP contribution is 2.27. The van der Waals surface area contributed by atoms with Crippen LogP contribution in [0.3, 0.4) is 0 Å². The van der Waals surface area contributed by atoms with Crippen molar-refractivity contribution in [2.75, 3.05) is 5.32 Å². The van der Waals surface area contributed by atoms with E-state index in [9.17, 15) is 9.90 Å². The lowest BCUT2D eigenvalue weighted by Gasteiger charge is -2.07. The van der Waals surface area contributed by atoms with Crippen molar-refractivity contribution >= 4 is 27.5 Å². The molecule has 2 aromatic rings. The second-order valence-corrected chi connectivity index (χ2v) is 4.63. The number of para-hydroxylation sites is 1. The number of hydrogen-bond donors (Lipinski definition) is 2. The third kappa shape index (κ3) is 2.92. The highest BCUT2D eigenvalue weighted by molar-refractivity contribution is 9.10. The zero-order chi connectivity index (χ0) is 13.8. The van der Waals surface area contributed by atoms with Gasteiger partial charge in [-0.05, 0) is 52.3 Å². The summed E-state index contributed by atoms with van der Waals surface area (Å²) in [7, 11) is 0. The molecule has 94 valence electrons. The maximum atomic E-state index is 12.0. The second-order valence-electron chi connectivity index (χ2n) is 3.78. The largest absolute Gasteiger partial charge is 0.506 e. The Balaban J connectivity index is 2.21. The van der Waals surface area contributed by atoms with E-state index in [2.05, 4.69) is 21.2 Å². The van der Waals surface area contributed by atoms with Crippen LogP contribution in [0.25, 0.3) is 0 Å². The fourth-order valence-corrected chi connectivity index (χ4v) is 1.89. The highest BCUT2D eigenvalue weighted by atomic mass is 79.9. The molecule has 0 aliphatic rings. The summed E-state index contributed by atoms with van der Waals surface area (Å²) in [5.74, 6) is -0.517. The van der Waals surface area contributed by atoms with E-state index in [0.29, 0.717) is 15.7 Å². The van der Waals surface area contributed by atoms with Gasteiger partial charge in [0.15, 0.2) is 0 Å². The molecule has 0 spiro atoms. The minimum atomic E-state index is -0.413. The van der Waals surface area contributed by atoms with Gasteiger partial charge in [0.25, 0.3) is 5.91 Å². The van der Waals surface area contributed by atoms with Crippen LogP contribution in [0.4, 0.5) is 5.69 Å². The molecule has 0 unspecified atom stereocenters. The number of halogens is 1. The van der Waals surface area contributed by atoms with Gasteiger partial charge in [0.2, 0.25) is 0 Å². The number of aromatic hydroxyl groups is 1. The number of nitriles is 1. The van der Waals surface area contributed by atoms with E-state index in [1.165, 1.54) is 6.07 Å². The zero-order valence-electron chi connectivity index (χ0n) is 9.72. The summed E-state index contributed by atoms with van der Waals surface area (Å²) in [6, 6.07) is 13.3. The number of benzene rings is 2. The molecule has 0 aliphatic carbocycles. The van der Waals surface area contributed by atoms with Crippen molar-refractivity contribution in [3.05, 3.63) is 58.1 Å². The van der Waals surface area contributed by atoms with Crippen LogP contribution in [0.2, 0.25) is 0 Å². The number of hydrogen-bond acceptors (Lipinski definition) is 3. The van der Waals surface area contributed by atoms with E-state index < -0.39 is 5.91 Å². The van der Waals surface area contributed by atoms with Crippen LogP contribution < -0.4 is 5.32 Å². The summed E-state index contributed by atoms with van der Waals surface area (Å²) in [5, 5.41) is 21.1. The van der Waals surface area contributed by atoms with Gasteiger partial charge in [-0.25, -0.2) is 0 Å². The zero-order valence-corrected chi connectivity index (χ0v) is 11.3. The van der Waals surface area contributed by atoms with Crippen molar-refractivity contribution in [2.45, 2.75) is 0 Å². The van der Waals surface area contributed by atoms with E-state index >= 15 is 0 Å². The van der Waals surface area contributed by atoms with E-state index in [1.54, 1.807) is 36.4 Å². The number of nitrogens with zero attached hydrogens (tertiary/aromatic N) is 1. The van der Waals surface area contributed by atoms with E-state index in [0.717, 1.165) is 0 Å². The Hall–Kier alpha value is -2.32. The number of nitrogens with one attached hydrogen (secondary N) is 1. The van der Waals surface area contributed by atoms with Gasteiger partial charge in [-0.3, -0.25) is 4.79 Å². The van der Waals surface area contributed by atoms with Gasteiger partial charge in [0, 0.05) is 5.69 Å². The normalized spacial score (nSPS) is 9.68. The van der Waals surface area contributed by atoms with Crippen LogP contribution in [0.5, 0.6) is 5.75 Å². The van der Waals surface area contributed by atoms with Gasteiger partial charge < -0.3 is 10.4 Å². The molecule has 2 N–H and O–H groups in total. The molecule has 0 radical (unpaired) electrons. The van der Waals surface area contributed by atoms with E-state index in [4.69, 9.17) is 5.26 Å². The molecule has 0 heterocycles. The molecule has 4 nitrogen and oxygen atoms in total. The van der Waals surface area contributed by atoms with Gasteiger partial charge in [-0.1, -0.05) is 6.07 Å². The molecule has 0 fully saturated rings. The molecule has 19 heavy (non-hydrogen) atoms. The Kier molecular flexibility index (Phi) is 3.83. The average molecular weight is 317 g/mol. The molecule has 0 aromatic heterocycles. The van der Waals surface area contributed by atoms with Crippen LogP contribution >= 0.6 is 15.9 Å². The van der Waals surface area contributed by atoms with Crippen molar-refractivity contribution in [3.8, 4) is 11.8 Å². The Morgan fingerprint density at radius 2 is 1.89 bits per heavy atom. The van der Waals surface area contributed by atoms with Gasteiger partial charge in [0.1, 0.15) is 5.75 Å². The van der Waals surface area contributed by atoms with Crippen LogP contribution in [0, 0.1) is 11.3 Å². The van der Waals surface area contributed by atoms with Crippen LogP contribution in [-0.2, 0) is 0 Å². The highest BCUT2D eigenvalue weighted by Gasteiger charge is 2.13. The van der Waals surface area contributed by atoms with E-state index in [1.807, 2.05) is 6.07 Å². The Bertz CT molecular complexity index is 660. The molecular formula is C14H9BrN2O2. The monoisotopic (exact) mass is 316 g/mol. The molecule has 5 heteroatoms. The van der Waals surface area contributed by atoms with Crippen molar-refractivity contribution in [3.63, 3.8) is 0 Å². The molecule has 0 saturated heterocycles. The Labute approximate surface area is 118 Å². The number of phenols is 1. The van der Waals surface area contributed by atoms with Gasteiger partial charge in [0.05, 0.1) is 21.7 Å². The first-order valence-corrected chi connectivity index (χ1v) is 6.20. The first-order valence-electron chi connectivity index (χ1n) is 5.41. The first-order chi connectivity index (χ1) is 9.11. The van der Waals surface area contributed by atoms with Crippen LogP contribution in [-0.4, -0.2) is 11.0 Å². The van der Waals surface area contributed by atoms with Crippen molar-refractivity contribution in [1.29, 1.82) is 5.26 Å². The molecule has 0 saturated carbocycles. The van der Waals surface area contributed by atoms with Crippen LogP contribution in [0.1, 0.15) is 15.9 Å². The molecule has 2 rings (SSSR count). The fourth-order valence-electron chi connectivity index (χ4n) is 1.53. The Morgan fingerprint density at radius 1 is 1.21 bits per heavy atom. The van der Waals surface area contributed by atoms with Crippen molar-refractivity contribution in [2.24, 2.45) is 0 Å². The molecular weight excluding hydrogens is 308 g/mol. The lowest BCUT2D eigenvalue weighted by atomic mass is 10.1. The third-order valence-electron chi connectivity index (χ3n) is 2.50. The summed E-state index contributed by atoms with van der Waals surface area (Å²) in [6.45, 7) is 0. The number of carbonyl (C=O) groups is 1. The van der Waals surface area contributed by atoms with Gasteiger partial charge in [-0.2, -0.15) is 5.26 Å². The molecule has 0 atom stereocenters.